The fourth-order valence-electron chi connectivity index (χ4n) is 0.408. The van der Waals surface area contributed by atoms with Crippen LogP contribution in [0.2, 0.25) is 0 Å². The number of hydrogen-bond donors (Lipinski definition) is 2. The van der Waals surface area contributed by atoms with E-state index in [1.165, 1.54) is 0 Å². The summed E-state index contributed by atoms with van der Waals surface area (Å²) in [7, 11) is 0. The van der Waals surface area contributed by atoms with Gasteiger partial charge < -0.3 is 10.4 Å². The van der Waals surface area contributed by atoms with Crippen molar-refractivity contribution in [3.05, 3.63) is 0 Å². The fraction of sp³-hybridized carbons (Fsp3) is 0.833. The monoisotopic (exact) mass is 355 g/mol. The summed E-state index contributed by atoms with van der Waals surface area (Å²) in [5, 5.41) is 11.8. The molecule has 0 aromatic carbocycles. The number of alkyl halides is 4. The van der Waals surface area contributed by atoms with E-state index in [0.29, 0.717) is 5.33 Å². The molecule has 0 heterocycles. The smallest absolute Gasteiger partial charge is 0.239 e. The Bertz CT molecular complexity index is 189. The Kier molecular flexibility index (Phi) is 6.18. The molecule has 0 aliphatic carbocycles. The Morgan fingerprint density at radius 3 is 2.46 bits per heavy atom. The second kappa shape index (κ2) is 5.75. The standard InChI is InChI=1S/C6H9Br2Cl2NO2/c1-6(8,2-7)5(13)11-4(12)3(9)10/h3-4,12H,2H2,1H3,(H,11,13)/t4-,6-/m1/s1. The quantitative estimate of drug-likeness (QED) is 0.595. The van der Waals surface area contributed by atoms with Crippen LogP contribution in [0, 0.1) is 0 Å². The van der Waals surface area contributed by atoms with Gasteiger partial charge in [0.1, 0.15) is 4.32 Å². The number of hydrogen-bond acceptors (Lipinski definition) is 2. The molecule has 0 aromatic heterocycles. The molecule has 0 aliphatic heterocycles. The first-order valence-corrected chi connectivity index (χ1v) is 6.12. The fourth-order valence-corrected chi connectivity index (χ4v) is 0.904. The van der Waals surface area contributed by atoms with Gasteiger partial charge in [0.2, 0.25) is 5.91 Å². The third-order valence-electron chi connectivity index (χ3n) is 1.24. The van der Waals surface area contributed by atoms with Crippen molar-refractivity contribution in [1.82, 2.24) is 5.32 Å². The van der Waals surface area contributed by atoms with Crippen LogP contribution in [0.4, 0.5) is 0 Å². The minimum absolute atomic E-state index is 0.386. The Morgan fingerprint density at radius 1 is 1.69 bits per heavy atom. The van der Waals surface area contributed by atoms with Crippen LogP contribution in [0.3, 0.4) is 0 Å². The molecule has 0 fully saturated rings. The zero-order valence-corrected chi connectivity index (χ0v) is 11.4. The number of carbonyl (C=O) groups excluding carboxylic acids is 1. The molecule has 13 heavy (non-hydrogen) atoms. The van der Waals surface area contributed by atoms with E-state index in [4.69, 9.17) is 28.3 Å². The average Bonchev–Trinajstić information content (AvgIpc) is 2.04. The van der Waals surface area contributed by atoms with Crippen molar-refractivity contribution >= 4 is 61.0 Å². The molecule has 3 nitrogen and oxygen atoms in total. The van der Waals surface area contributed by atoms with Crippen molar-refractivity contribution in [3.8, 4) is 0 Å². The molecule has 2 atom stereocenters. The largest absolute Gasteiger partial charge is 0.371 e. The summed E-state index contributed by atoms with van der Waals surface area (Å²) in [6.07, 6.45) is -1.26. The summed E-state index contributed by atoms with van der Waals surface area (Å²) in [6.45, 7) is 1.65. The molecule has 0 saturated carbocycles. The first kappa shape index (κ1) is 14.0. The van der Waals surface area contributed by atoms with Gasteiger partial charge in [-0.15, -0.1) is 23.2 Å². The van der Waals surface area contributed by atoms with Crippen LogP contribution in [0.15, 0.2) is 0 Å². The first-order chi connectivity index (χ1) is 5.81. The highest BCUT2D eigenvalue weighted by Crippen LogP contribution is 2.20. The number of halogens is 4. The van der Waals surface area contributed by atoms with E-state index in [-0.39, 0.29) is 5.91 Å². The molecule has 78 valence electrons. The lowest BCUT2D eigenvalue weighted by molar-refractivity contribution is -0.125. The van der Waals surface area contributed by atoms with Crippen LogP contribution in [0.5, 0.6) is 0 Å². The zero-order chi connectivity index (χ0) is 10.6. The van der Waals surface area contributed by atoms with E-state index in [2.05, 4.69) is 37.2 Å². The molecule has 0 saturated heterocycles. The molecule has 0 bridgehead atoms. The second-order valence-corrected chi connectivity index (χ2v) is 6.06. The van der Waals surface area contributed by atoms with Crippen molar-refractivity contribution in [2.24, 2.45) is 0 Å². The van der Waals surface area contributed by atoms with Crippen molar-refractivity contribution in [3.63, 3.8) is 0 Å². The van der Waals surface area contributed by atoms with E-state index in [1.54, 1.807) is 6.92 Å². The predicted molar refractivity (Wildman–Crippen MR) is 60.8 cm³/mol. The number of amides is 1. The first-order valence-electron chi connectivity index (χ1n) is 3.33. The third-order valence-corrected chi connectivity index (χ3v) is 4.23. The Balaban J connectivity index is 4.15. The van der Waals surface area contributed by atoms with Crippen LogP contribution < -0.4 is 5.32 Å². The SMILES string of the molecule is C[C@@](Br)(CBr)C(=O)N[C@H](O)C(Cl)Cl. The number of aliphatic hydroxyl groups excluding tert-OH is 1. The zero-order valence-electron chi connectivity index (χ0n) is 6.73. The van der Waals surface area contributed by atoms with E-state index < -0.39 is 15.4 Å². The van der Waals surface area contributed by atoms with Crippen LogP contribution in [-0.4, -0.2) is 31.7 Å². The van der Waals surface area contributed by atoms with Gasteiger partial charge in [0, 0.05) is 5.33 Å². The summed E-state index contributed by atoms with van der Waals surface area (Å²) in [4.78, 5) is 10.3. The van der Waals surface area contributed by atoms with Gasteiger partial charge in [0.05, 0.1) is 0 Å². The maximum atomic E-state index is 11.3. The van der Waals surface area contributed by atoms with Gasteiger partial charge in [0.15, 0.2) is 11.1 Å². The number of carbonyl (C=O) groups is 1. The molecule has 0 radical (unpaired) electrons. The highest BCUT2D eigenvalue weighted by Gasteiger charge is 2.30. The molecule has 0 rings (SSSR count). The molecule has 0 aliphatic rings. The number of aliphatic hydroxyl groups is 1. The molecule has 0 aromatic rings. The molecule has 1 amide bonds. The summed E-state index contributed by atoms with van der Waals surface area (Å²) in [6, 6.07) is 0. The van der Waals surface area contributed by atoms with Crippen molar-refractivity contribution in [2.45, 2.75) is 22.3 Å². The van der Waals surface area contributed by atoms with Gasteiger partial charge in [-0.1, -0.05) is 31.9 Å². The van der Waals surface area contributed by atoms with Crippen molar-refractivity contribution < 1.29 is 9.90 Å². The highest BCUT2D eigenvalue weighted by atomic mass is 79.9. The van der Waals surface area contributed by atoms with Gasteiger partial charge in [-0.2, -0.15) is 0 Å². The minimum atomic E-state index is -1.26. The molecule has 0 spiro atoms. The Labute approximate surface area is 103 Å². The van der Waals surface area contributed by atoms with Gasteiger partial charge in [-0.05, 0) is 6.92 Å². The lowest BCUT2D eigenvalue weighted by Gasteiger charge is -2.21. The third kappa shape index (κ3) is 4.83. The molecule has 2 N–H and O–H groups in total. The summed E-state index contributed by atoms with van der Waals surface area (Å²) < 4.78 is -0.781. The summed E-state index contributed by atoms with van der Waals surface area (Å²) >= 11 is 17.0. The van der Waals surface area contributed by atoms with Gasteiger partial charge in [0.25, 0.3) is 0 Å². The van der Waals surface area contributed by atoms with Crippen LogP contribution in [0.25, 0.3) is 0 Å². The lowest BCUT2D eigenvalue weighted by atomic mass is 10.2. The maximum absolute atomic E-state index is 11.3. The Morgan fingerprint density at radius 2 is 2.15 bits per heavy atom. The average molecular weight is 358 g/mol. The van der Waals surface area contributed by atoms with E-state index in [0.717, 1.165) is 0 Å². The molecule has 0 unspecified atom stereocenters. The Hall–Kier alpha value is 0.970. The number of rotatable bonds is 4. The number of nitrogens with one attached hydrogen (secondary N) is 1. The van der Waals surface area contributed by atoms with E-state index >= 15 is 0 Å². The molecular weight excluding hydrogens is 349 g/mol. The topological polar surface area (TPSA) is 49.3 Å². The van der Waals surface area contributed by atoms with Gasteiger partial charge in [-0.3, -0.25) is 4.79 Å². The maximum Gasteiger partial charge on any atom is 0.239 e. The van der Waals surface area contributed by atoms with Crippen LogP contribution in [0.1, 0.15) is 6.92 Å². The minimum Gasteiger partial charge on any atom is -0.371 e. The van der Waals surface area contributed by atoms with Gasteiger partial charge >= 0.3 is 0 Å². The van der Waals surface area contributed by atoms with Gasteiger partial charge in [-0.25, -0.2) is 0 Å². The highest BCUT2D eigenvalue weighted by molar-refractivity contribution is 9.12. The second-order valence-electron chi connectivity index (χ2n) is 2.58. The van der Waals surface area contributed by atoms with Crippen LogP contribution >= 0.6 is 55.1 Å². The summed E-state index contributed by atoms with van der Waals surface area (Å²) in [5.41, 5.74) is 0. The molecule has 7 heteroatoms. The summed E-state index contributed by atoms with van der Waals surface area (Å²) in [5.74, 6) is -0.386. The predicted octanol–water partition coefficient (Wildman–Crippen LogP) is 1.77. The molecular formula is C6H9Br2Cl2NO2. The van der Waals surface area contributed by atoms with E-state index in [9.17, 15) is 4.79 Å². The van der Waals surface area contributed by atoms with Crippen LogP contribution in [-0.2, 0) is 4.79 Å². The lowest BCUT2D eigenvalue weighted by Crippen LogP contribution is -2.48. The van der Waals surface area contributed by atoms with E-state index in [1.807, 2.05) is 0 Å². The van der Waals surface area contributed by atoms with Crippen molar-refractivity contribution in [1.29, 1.82) is 0 Å². The normalized spacial score (nSPS) is 18.1. The van der Waals surface area contributed by atoms with Crippen molar-refractivity contribution in [2.75, 3.05) is 5.33 Å².